The summed E-state index contributed by atoms with van der Waals surface area (Å²) >= 11 is 0. The Morgan fingerprint density at radius 3 is 2.37 bits per heavy atom. The zero-order chi connectivity index (χ0) is 25.9. The van der Waals surface area contributed by atoms with Gasteiger partial charge in [0.25, 0.3) is 0 Å². The quantitative estimate of drug-likeness (QED) is 0.344. The van der Waals surface area contributed by atoms with Crippen LogP contribution in [0.5, 0.6) is 11.6 Å². The summed E-state index contributed by atoms with van der Waals surface area (Å²) in [4.78, 5) is 0. The number of sulfonamides is 1. The van der Waals surface area contributed by atoms with Crippen molar-refractivity contribution in [3.8, 4) is 22.9 Å². The number of nitrogens with zero attached hydrogens (tertiary/aromatic N) is 2. The summed E-state index contributed by atoms with van der Waals surface area (Å²) in [5.74, 6) is -0.907. The molecule has 12 heteroatoms. The molecule has 0 atom stereocenters. The van der Waals surface area contributed by atoms with Crippen molar-refractivity contribution in [2.75, 3.05) is 5.75 Å². The molecular formula is C23H27F3N4O4S. The van der Waals surface area contributed by atoms with E-state index in [2.05, 4.69) is 15.3 Å². The van der Waals surface area contributed by atoms with Crippen molar-refractivity contribution >= 4 is 10.0 Å². The van der Waals surface area contributed by atoms with Crippen LogP contribution in [0.2, 0.25) is 0 Å². The molecule has 8 nitrogen and oxygen atoms in total. The number of hydrogen-bond donors (Lipinski definition) is 3. The van der Waals surface area contributed by atoms with Gasteiger partial charge in [0.15, 0.2) is 5.75 Å². The van der Waals surface area contributed by atoms with Gasteiger partial charge in [0.05, 0.1) is 11.2 Å². The Morgan fingerprint density at radius 1 is 1.09 bits per heavy atom. The summed E-state index contributed by atoms with van der Waals surface area (Å²) in [6.45, 7) is 5.71. The van der Waals surface area contributed by atoms with E-state index in [-0.39, 0.29) is 0 Å². The summed E-state index contributed by atoms with van der Waals surface area (Å²) in [7, 11) is -4.60. The average Bonchev–Trinajstić information content (AvgIpc) is 3.16. The summed E-state index contributed by atoms with van der Waals surface area (Å²) in [6, 6.07) is 15.6. The predicted octanol–water partition coefficient (Wildman–Crippen LogP) is 4.56. The highest BCUT2D eigenvalue weighted by Crippen LogP contribution is 2.31. The van der Waals surface area contributed by atoms with Gasteiger partial charge in [0.1, 0.15) is 5.75 Å². The number of nitrogens with one attached hydrogen (secondary N) is 2. The molecule has 3 aromatic rings. The second kappa shape index (κ2) is 10.4. The van der Waals surface area contributed by atoms with Crippen LogP contribution in [0.1, 0.15) is 31.9 Å². The summed E-state index contributed by atoms with van der Waals surface area (Å²) in [5, 5.41) is 13.4. The van der Waals surface area contributed by atoms with Crippen LogP contribution < -0.4 is 14.9 Å². The molecule has 0 fully saturated rings. The van der Waals surface area contributed by atoms with Crippen molar-refractivity contribution in [1.29, 1.82) is 0 Å². The van der Waals surface area contributed by atoms with Crippen LogP contribution in [0.4, 0.5) is 13.2 Å². The van der Waals surface area contributed by atoms with Gasteiger partial charge >= 0.3 is 6.18 Å². The predicted molar refractivity (Wildman–Crippen MR) is 124 cm³/mol. The first-order chi connectivity index (χ1) is 16.3. The number of alkyl halides is 3. The number of hydrogen-bond acceptors (Lipinski definition) is 6. The number of ether oxygens (including phenoxy) is 1. The number of benzene rings is 2. The van der Waals surface area contributed by atoms with Crippen molar-refractivity contribution in [2.24, 2.45) is 0 Å². The lowest BCUT2D eigenvalue weighted by Crippen LogP contribution is -2.44. The molecule has 1 heterocycles. The van der Waals surface area contributed by atoms with E-state index in [1.54, 1.807) is 59.3 Å². The maximum Gasteiger partial charge on any atom is 0.404 e. The average molecular weight is 513 g/mol. The van der Waals surface area contributed by atoms with Crippen LogP contribution in [0.3, 0.4) is 0 Å². The molecule has 2 aromatic carbocycles. The Morgan fingerprint density at radius 2 is 1.77 bits per heavy atom. The Hall–Kier alpha value is -2.93. The lowest BCUT2D eigenvalue weighted by molar-refractivity contribution is -0.106. The molecule has 0 bridgehead atoms. The molecule has 0 amide bonds. The van der Waals surface area contributed by atoms with E-state index in [9.17, 15) is 21.6 Å². The minimum atomic E-state index is -4.84. The molecule has 0 spiro atoms. The minimum Gasteiger partial charge on any atom is -0.439 e. The van der Waals surface area contributed by atoms with Crippen molar-refractivity contribution < 1.29 is 31.5 Å². The molecule has 35 heavy (non-hydrogen) atoms. The highest BCUT2D eigenvalue weighted by molar-refractivity contribution is 7.89. The lowest BCUT2D eigenvalue weighted by Gasteiger charge is -2.27. The fraction of sp³-hybridized carbons (Fsp3) is 0.348. The van der Waals surface area contributed by atoms with Gasteiger partial charge < -0.3 is 9.94 Å². The standard InChI is InChI=1S/C23H27F3N4O4S/c1-4-30-21(34-19-10-8-16(9-11-19)14-27-31)13-20(28-30)17-6-5-7-18(12-17)22(2,3)29-35(32,33)15-23(24,25)26/h5-13,27,29,31H,4,14-15H2,1-3H3. The lowest BCUT2D eigenvalue weighted by atomic mass is 9.93. The molecule has 0 saturated carbocycles. The molecule has 3 rings (SSSR count). The third kappa shape index (κ3) is 7.28. The van der Waals surface area contributed by atoms with Gasteiger partial charge in [-0.25, -0.2) is 23.3 Å². The fourth-order valence-corrected chi connectivity index (χ4v) is 4.90. The van der Waals surface area contributed by atoms with Crippen LogP contribution in [-0.2, 0) is 28.7 Å². The molecule has 1 aromatic heterocycles. The maximum atomic E-state index is 12.6. The summed E-state index contributed by atoms with van der Waals surface area (Å²) in [6.07, 6.45) is -4.84. The number of aromatic nitrogens is 2. The van der Waals surface area contributed by atoms with Gasteiger partial charge in [0, 0.05) is 24.7 Å². The molecule has 0 radical (unpaired) electrons. The third-order valence-corrected chi connectivity index (χ3v) is 6.64. The number of aryl methyl sites for hydroxylation is 1. The first-order valence-electron chi connectivity index (χ1n) is 10.7. The van der Waals surface area contributed by atoms with Crippen molar-refractivity contribution in [1.82, 2.24) is 20.0 Å². The Balaban J connectivity index is 1.85. The highest BCUT2D eigenvalue weighted by atomic mass is 32.2. The van der Waals surface area contributed by atoms with Crippen LogP contribution >= 0.6 is 0 Å². The Labute approximate surface area is 201 Å². The van der Waals surface area contributed by atoms with Gasteiger partial charge in [-0.05, 0) is 50.1 Å². The van der Waals surface area contributed by atoms with E-state index < -0.39 is 27.5 Å². The summed E-state index contributed by atoms with van der Waals surface area (Å²) < 4.78 is 71.7. The number of rotatable bonds is 10. The van der Waals surface area contributed by atoms with Crippen LogP contribution in [-0.4, -0.2) is 35.3 Å². The highest BCUT2D eigenvalue weighted by Gasteiger charge is 2.38. The van der Waals surface area contributed by atoms with Gasteiger partial charge in [-0.1, -0.05) is 30.3 Å². The van der Waals surface area contributed by atoms with Gasteiger partial charge in [-0.3, -0.25) is 0 Å². The van der Waals surface area contributed by atoms with Crippen molar-refractivity contribution in [2.45, 2.75) is 45.6 Å². The minimum absolute atomic E-state index is 0.302. The SMILES string of the molecule is CCn1nc(-c2cccc(C(C)(C)NS(=O)(=O)CC(F)(F)F)c2)cc1Oc1ccc(CNO)cc1. The second-order valence-electron chi connectivity index (χ2n) is 8.45. The fourth-order valence-electron chi connectivity index (χ4n) is 3.50. The van der Waals surface area contributed by atoms with Crippen molar-refractivity contribution in [3.05, 3.63) is 65.7 Å². The zero-order valence-corrected chi connectivity index (χ0v) is 20.2. The van der Waals surface area contributed by atoms with E-state index >= 15 is 0 Å². The Kier molecular flexibility index (Phi) is 7.90. The van der Waals surface area contributed by atoms with Gasteiger partial charge in [-0.2, -0.15) is 18.3 Å². The number of halogens is 3. The molecular weight excluding hydrogens is 485 g/mol. The number of hydroxylamine groups is 1. The molecule has 0 aliphatic rings. The van der Waals surface area contributed by atoms with Crippen LogP contribution in [0.15, 0.2) is 54.6 Å². The Bertz CT molecular complexity index is 1260. The molecule has 190 valence electrons. The van der Waals surface area contributed by atoms with E-state index in [4.69, 9.17) is 9.94 Å². The molecule has 0 aliphatic carbocycles. The smallest absolute Gasteiger partial charge is 0.404 e. The molecule has 3 N–H and O–H groups in total. The second-order valence-corrected chi connectivity index (χ2v) is 10.2. The largest absolute Gasteiger partial charge is 0.439 e. The normalized spacial score (nSPS) is 12.7. The van der Waals surface area contributed by atoms with E-state index in [0.29, 0.717) is 41.5 Å². The molecule has 0 unspecified atom stereocenters. The van der Waals surface area contributed by atoms with Crippen molar-refractivity contribution in [3.63, 3.8) is 0 Å². The first kappa shape index (κ1) is 26.7. The maximum absolute atomic E-state index is 12.6. The van der Waals surface area contributed by atoms with E-state index in [1.165, 1.54) is 13.8 Å². The van der Waals surface area contributed by atoms with Gasteiger partial charge in [0.2, 0.25) is 15.9 Å². The topological polar surface area (TPSA) is 105 Å². The zero-order valence-electron chi connectivity index (χ0n) is 19.4. The first-order valence-corrected chi connectivity index (χ1v) is 12.4. The third-order valence-electron chi connectivity index (χ3n) is 5.12. The monoisotopic (exact) mass is 512 g/mol. The van der Waals surface area contributed by atoms with E-state index in [0.717, 1.165) is 5.56 Å². The van der Waals surface area contributed by atoms with E-state index in [1.807, 2.05) is 6.92 Å². The van der Waals surface area contributed by atoms with Gasteiger partial charge in [-0.15, -0.1) is 0 Å². The summed E-state index contributed by atoms with van der Waals surface area (Å²) in [5.41, 5.74) is 3.34. The van der Waals surface area contributed by atoms with Crippen LogP contribution in [0, 0.1) is 0 Å². The molecule has 0 aliphatic heterocycles. The molecule has 0 saturated heterocycles. The van der Waals surface area contributed by atoms with Crippen LogP contribution in [0.25, 0.3) is 11.3 Å².